The normalized spacial score (nSPS) is 11.3. The minimum Gasteiger partial charge on any atom is -0.495 e. The highest BCUT2D eigenvalue weighted by Crippen LogP contribution is 2.31. The van der Waals surface area contributed by atoms with Crippen LogP contribution in [0.15, 0.2) is 62.4 Å². The number of carbonyl (C=O) groups excluding carboxylic acids is 1. The van der Waals surface area contributed by atoms with Gasteiger partial charge in [0.1, 0.15) is 10.6 Å². The molecule has 1 N–H and O–H groups in total. The van der Waals surface area contributed by atoms with Gasteiger partial charge in [-0.05, 0) is 43.3 Å². The van der Waals surface area contributed by atoms with Crippen molar-refractivity contribution in [3.63, 3.8) is 0 Å². The van der Waals surface area contributed by atoms with Crippen LogP contribution in [0.2, 0.25) is 0 Å². The number of sulfone groups is 1. The molecular formula is C20H19BrN2O5S. The van der Waals surface area contributed by atoms with Crippen molar-refractivity contribution in [3.8, 4) is 17.1 Å². The average molecular weight is 479 g/mol. The van der Waals surface area contributed by atoms with Gasteiger partial charge in [0.05, 0.1) is 18.6 Å². The number of amides is 1. The fourth-order valence-electron chi connectivity index (χ4n) is 2.70. The van der Waals surface area contributed by atoms with Crippen molar-refractivity contribution in [2.75, 3.05) is 18.2 Å². The van der Waals surface area contributed by atoms with Crippen LogP contribution in [-0.2, 0) is 14.6 Å². The monoisotopic (exact) mass is 478 g/mol. The Morgan fingerprint density at radius 2 is 2.00 bits per heavy atom. The molecule has 0 aliphatic heterocycles. The number of nitrogens with zero attached hydrogens (tertiary/aromatic N) is 1. The molecule has 0 aliphatic rings. The fraction of sp³-hybridized carbons (Fsp3) is 0.200. The van der Waals surface area contributed by atoms with Gasteiger partial charge >= 0.3 is 0 Å². The third-order valence-corrected chi connectivity index (χ3v) is 6.34. The maximum absolute atomic E-state index is 12.9. The van der Waals surface area contributed by atoms with Gasteiger partial charge in [-0.3, -0.25) is 4.79 Å². The van der Waals surface area contributed by atoms with Crippen LogP contribution in [0.5, 0.6) is 5.75 Å². The Balaban J connectivity index is 1.78. The summed E-state index contributed by atoms with van der Waals surface area (Å²) in [5, 5.41) is 6.51. The standard InChI is InChI=1S/C20H19BrN2O5S/c1-13-10-18(28-23-13)14-6-7-17(27-2)19(11-14)29(25,26)9-8-20(24)22-16-5-3-4-15(21)12-16/h3-7,10-12H,8-9H2,1-2H3,(H,22,24). The highest BCUT2D eigenvalue weighted by atomic mass is 79.9. The summed E-state index contributed by atoms with van der Waals surface area (Å²) in [4.78, 5) is 12.2. The minimum atomic E-state index is -3.78. The second-order valence-corrected chi connectivity index (χ2v) is 9.32. The van der Waals surface area contributed by atoms with Crippen molar-refractivity contribution in [1.29, 1.82) is 0 Å². The molecule has 1 heterocycles. The van der Waals surface area contributed by atoms with Crippen molar-refractivity contribution >= 4 is 37.4 Å². The molecule has 0 bridgehead atoms. The molecule has 0 radical (unpaired) electrons. The van der Waals surface area contributed by atoms with E-state index in [1.807, 2.05) is 6.07 Å². The van der Waals surface area contributed by atoms with Crippen molar-refractivity contribution in [2.24, 2.45) is 0 Å². The van der Waals surface area contributed by atoms with Crippen LogP contribution < -0.4 is 10.1 Å². The van der Waals surface area contributed by atoms with E-state index in [2.05, 4.69) is 26.4 Å². The first kappa shape index (κ1) is 21.1. The van der Waals surface area contributed by atoms with Gasteiger partial charge in [0.25, 0.3) is 0 Å². The Kier molecular flexibility index (Phi) is 6.39. The van der Waals surface area contributed by atoms with E-state index in [4.69, 9.17) is 9.26 Å². The summed E-state index contributed by atoms with van der Waals surface area (Å²) in [6.45, 7) is 1.78. The molecule has 0 saturated carbocycles. The summed E-state index contributed by atoms with van der Waals surface area (Å²) < 4.78 is 37.0. The van der Waals surface area contributed by atoms with E-state index in [0.717, 1.165) is 4.47 Å². The maximum Gasteiger partial charge on any atom is 0.225 e. The molecule has 1 amide bonds. The molecule has 0 aliphatic carbocycles. The lowest BCUT2D eigenvalue weighted by Crippen LogP contribution is -2.18. The number of halogens is 1. The SMILES string of the molecule is COc1ccc(-c2cc(C)no2)cc1S(=O)(=O)CCC(=O)Nc1cccc(Br)c1. The molecule has 0 spiro atoms. The Labute approximate surface area is 177 Å². The zero-order chi connectivity index (χ0) is 21.0. The van der Waals surface area contributed by atoms with Gasteiger partial charge in [-0.25, -0.2) is 8.42 Å². The molecule has 0 saturated heterocycles. The van der Waals surface area contributed by atoms with Gasteiger partial charge in [-0.1, -0.05) is 27.2 Å². The predicted molar refractivity (Wildman–Crippen MR) is 113 cm³/mol. The lowest BCUT2D eigenvalue weighted by Gasteiger charge is -2.11. The van der Waals surface area contributed by atoms with Crippen molar-refractivity contribution in [1.82, 2.24) is 5.16 Å². The molecule has 3 aromatic rings. The Morgan fingerprint density at radius 3 is 2.66 bits per heavy atom. The summed E-state index contributed by atoms with van der Waals surface area (Å²) in [6.07, 6.45) is -0.191. The zero-order valence-electron chi connectivity index (χ0n) is 15.8. The predicted octanol–water partition coefficient (Wildman–Crippen LogP) is 4.22. The molecule has 7 nitrogen and oxygen atoms in total. The fourth-order valence-corrected chi connectivity index (χ4v) is 4.54. The largest absolute Gasteiger partial charge is 0.495 e. The van der Waals surface area contributed by atoms with Gasteiger partial charge in [0.2, 0.25) is 5.91 Å². The van der Waals surface area contributed by atoms with E-state index in [0.29, 0.717) is 22.7 Å². The van der Waals surface area contributed by atoms with E-state index < -0.39 is 15.7 Å². The molecule has 152 valence electrons. The zero-order valence-corrected chi connectivity index (χ0v) is 18.2. The Hall–Kier alpha value is -2.65. The Morgan fingerprint density at radius 1 is 1.21 bits per heavy atom. The van der Waals surface area contributed by atoms with Crippen LogP contribution in [0.3, 0.4) is 0 Å². The van der Waals surface area contributed by atoms with Gasteiger partial charge in [-0.2, -0.15) is 0 Å². The number of rotatable bonds is 7. The van der Waals surface area contributed by atoms with Crippen LogP contribution in [-0.4, -0.2) is 32.3 Å². The number of hydrogen-bond acceptors (Lipinski definition) is 6. The first-order chi connectivity index (χ1) is 13.8. The van der Waals surface area contributed by atoms with Gasteiger partial charge in [0, 0.05) is 28.2 Å². The summed E-state index contributed by atoms with van der Waals surface area (Å²) in [5.41, 5.74) is 1.83. The second-order valence-electron chi connectivity index (χ2n) is 6.33. The number of benzene rings is 2. The summed E-state index contributed by atoms with van der Waals surface area (Å²) >= 11 is 3.32. The van der Waals surface area contributed by atoms with Crippen molar-refractivity contribution in [2.45, 2.75) is 18.2 Å². The molecule has 2 aromatic carbocycles. The quantitative estimate of drug-likeness (QED) is 0.545. The van der Waals surface area contributed by atoms with Crippen molar-refractivity contribution in [3.05, 3.63) is 58.7 Å². The van der Waals surface area contributed by atoms with Gasteiger partial charge in [-0.15, -0.1) is 0 Å². The number of carbonyl (C=O) groups is 1. The number of ether oxygens (including phenoxy) is 1. The molecule has 29 heavy (non-hydrogen) atoms. The highest BCUT2D eigenvalue weighted by Gasteiger charge is 2.22. The smallest absolute Gasteiger partial charge is 0.225 e. The topological polar surface area (TPSA) is 98.5 Å². The van der Waals surface area contributed by atoms with Gasteiger partial charge in [0.15, 0.2) is 15.6 Å². The molecule has 1 aromatic heterocycles. The number of anilines is 1. The minimum absolute atomic E-state index is 0.00167. The third-order valence-electron chi connectivity index (χ3n) is 4.12. The Bertz CT molecular complexity index is 1140. The second kappa shape index (κ2) is 8.79. The molecule has 3 rings (SSSR count). The molecule has 0 fully saturated rings. The number of aromatic nitrogens is 1. The molecule has 0 atom stereocenters. The van der Waals surface area contributed by atoms with Crippen LogP contribution in [0.1, 0.15) is 12.1 Å². The average Bonchev–Trinajstić information content (AvgIpc) is 3.12. The first-order valence-electron chi connectivity index (χ1n) is 8.68. The van der Waals surface area contributed by atoms with Crippen molar-refractivity contribution < 1.29 is 22.5 Å². The lowest BCUT2D eigenvalue weighted by atomic mass is 10.1. The van der Waals surface area contributed by atoms with E-state index >= 15 is 0 Å². The van der Waals surface area contributed by atoms with Crippen LogP contribution in [0.25, 0.3) is 11.3 Å². The van der Waals surface area contributed by atoms with E-state index in [-0.39, 0.29) is 22.8 Å². The number of aryl methyl sites for hydroxylation is 1. The third kappa shape index (κ3) is 5.24. The van der Waals surface area contributed by atoms with Crippen LogP contribution in [0, 0.1) is 6.92 Å². The number of hydrogen-bond donors (Lipinski definition) is 1. The first-order valence-corrected chi connectivity index (χ1v) is 11.1. The number of nitrogens with one attached hydrogen (secondary N) is 1. The molecule has 0 unspecified atom stereocenters. The van der Waals surface area contributed by atoms with E-state index in [1.165, 1.54) is 13.2 Å². The summed E-state index contributed by atoms with van der Waals surface area (Å²) in [7, 11) is -2.38. The molecular weight excluding hydrogens is 460 g/mol. The van der Waals surface area contributed by atoms with E-state index in [1.54, 1.807) is 43.3 Å². The van der Waals surface area contributed by atoms with Gasteiger partial charge < -0.3 is 14.6 Å². The van der Waals surface area contributed by atoms with Crippen LogP contribution >= 0.6 is 15.9 Å². The molecule has 9 heteroatoms. The summed E-state index contributed by atoms with van der Waals surface area (Å²) in [5.74, 6) is -0.0960. The lowest BCUT2D eigenvalue weighted by molar-refractivity contribution is -0.115. The van der Waals surface area contributed by atoms with Crippen LogP contribution in [0.4, 0.5) is 5.69 Å². The highest BCUT2D eigenvalue weighted by molar-refractivity contribution is 9.10. The maximum atomic E-state index is 12.9. The van der Waals surface area contributed by atoms with E-state index in [9.17, 15) is 13.2 Å². The summed E-state index contributed by atoms with van der Waals surface area (Å²) in [6, 6.07) is 13.5. The number of methoxy groups -OCH3 is 1.